The van der Waals surface area contributed by atoms with Gasteiger partial charge in [-0.15, -0.1) is 0 Å². The van der Waals surface area contributed by atoms with E-state index in [9.17, 15) is 9.59 Å². The predicted octanol–water partition coefficient (Wildman–Crippen LogP) is 1.07. The highest BCUT2D eigenvalue weighted by Gasteiger charge is 2.10. The van der Waals surface area contributed by atoms with E-state index in [4.69, 9.17) is 11.6 Å². The second-order valence-corrected chi connectivity index (χ2v) is 3.44. The number of H-pyrrole nitrogens is 1. The first-order valence-electron chi connectivity index (χ1n) is 4.64. The minimum Gasteiger partial charge on any atom is -0.318 e. The van der Waals surface area contributed by atoms with Crippen molar-refractivity contribution in [2.24, 2.45) is 0 Å². The number of amides is 1. The van der Waals surface area contributed by atoms with Gasteiger partial charge in [-0.1, -0.05) is 17.7 Å². The minimum atomic E-state index is -0.509. The summed E-state index contributed by atoms with van der Waals surface area (Å²) in [6.45, 7) is 0. The van der Waals surface area contributed by atoms with Crippen LogP contribution in [-0.2, 0) is 0 Å². The number of aromatic nitrogens is 3. The van der Waals surface area contributed by atoms with Gasteiger partial charge in [-0.3, -0.25) is 9.59 Å². The number of pyridine rings is 1. The van der Waals surface area contributed by atoms with Crippen molar-refractivity contribution < 1.29 is 4.79 Å². The van der Waals surface area contributed by atoms with Crippen molar-refractivity contribution in [1.29, 1.82) is 0 Å². The zero-order valence-corrected chi connectivity index (χ0v) is 9.23. The molecule has 0 aromatic carbocycles. The Morgan fingerprint density at radius 1 is 1.29 bits per heavy atom. The molecule has 0 unspecified atom stereocenters. The quantitative estimate of drug-likeness (QED) is 0.835. The number of hydrogen-bond acceptors (Lipinski definition) is 4. The normalized spacial score (nSPS) is 9.94. The van der Waals surface area contributed by atoms with Gasteiger partial charge in [0.05, 0.1) is 0 Å². The fraction of sp³-hybridized carbons (Fsp3) is 0. The zero-order valence-electron chi connectivity index (χ0n) is 8.48. The van der Waals surface area contributed by atoms with Gasteiger partial charge in [-0.25, -0.2) is 9.97 Å². The van der Waals surface area contributed by atoms with E-state index in [2.05, 4.69) is 20.3 Å². The number of nitrogens with zero attached hydrogens (tertiary/aromatic N) is 2. The molecule has 0 saturated carbocycles. The molecule has 2 rings (SSSR count). The molecule has 86 valence electrons. The van der Waals surface area contributed by atoms with Crippen molar-refractivity contribution in [3.8, 4) is 0 Å². The molecule has 0 atom stereocenters. The maximum absolute atomic E-state index is 11.7. The molecule has 0 aliphatic heterocycles. The van der Waals surface area contributed by atoms with Crippen LogP contribution >= 0.6 is 11.6 Å². The van der Waals surface area contributed by atoms with E-state index < -0.39 is 5.91 Å². The summed E-state index contributed by atoms with van der Waals surface area (Å²) in [5, 5.41) is 2.52. The lowest BCUT2D eigenvalue weighted by atomic mass is 10.3. The first-order chi connectivity index (χ1) is 8.16. The summed E-state index contributed by atoms with van der Waals surface area (Å²) in [6.07, 6.45) is 2.80. The number of hydrogen-bond donors (Lipinski definition) is 2. The molecule has 6 nitrogen and oxygen atoms in total. The van der Waals surface area contributed by atoms with Gasteiger partial charge in [0.1, 0.15) is 5.69 Å². The van der Waals surface area contributed by atoms with E-state index >= 15 is 0 Å². The van der Waals surface area contributed by atoms with Crippen molar-refractivity contribution in [3.63, 3.8) is 0 Å². The lowest BCUT2D eigenvalue weighted by molar-refractivity contribution is 0.102. The Labute approximate surface area is 101 Å². The van der Waals surface area contributed by atoms with Crippen LogP contribution in [0.25, 0.3) is 0 Å². The molecule has 0 bridgehead atoms. The van der Waals surface area contributed by atoms with Crippen molar-refractivity contribution in [2.75, 3.05) is 5.32 Å². The highest BCUT2D eigenvalue weighted by atomic mass is 35.5. The van der Waals surface area contributed by atoms with E-state index in [1.54, 1.807) is 0 Å². The first-order valence-corrected chi connectivity index (χ1v) is 5.02. The van der Waals surface area contributed by atoms with Crippen LogP contribution in [-0.4, -0.2) is 20.9 Å². The molecule has 0 saturated heterocycles. The Morgan fingerprint density at radius 3 is 2.76 bits per heavy atom. The van der Waals surface area contributed by atoms with Gasteiger partial charge in [0.2, 0.25) is 5.56 Å². The Morgan fingerprint density at radius 2 is 2.06 bits per heavy atom. The van der Waals surface area contributed by atoms with Gasteiger partial charge in [0.25, 0.3) is 5.91 Å². The monoisotopic (exact) mass is 250 g/mol. The summed E-state index contributed by atoms with van der Waals surface area (Å²) < 4.78 is 0. The van der Waals surface area contributed by atoms with Crippen LogP contribution < -0.4 is 10.9 Å². The van der Waals surface area contributed by atoms with Crippen molar-refractivity contribution in [1.82, 2.24) is 15.0 Å². The Bertz CT molecular complexity index is 611. The highest BCUT2D eigenvalue weighted by molar-refractivity contribution is 6.32. The molecular formula is C10H7ClN4O2. The topological polar surface area (TPSA) is 87.7 Å². The molecule has 0 spiro atoms. The molecule has 0 radical (unpaired) electrons. The standard InChI is InChI=1S/C10H7ClN4O2/c11-8-9(13-5-4-12-8)15-10(17)6-2-1-3-7(16)14-6/h1-5H,(H,14,16)(H,13,15,17). The average Bonchev–Trinajstić information content (AvgIpc) is 2.32. The Kier molecular flexibility index (Phi) is 3.15. The number of aromatic amines is 1. The number of nitrogens with one attached hydrogen (secondary N) is 2. The summed E-state index contributed by atoms with van der Waals surface area (Å²) >= 11 is 5.73. The highest BCUT2D eigenvalue weighted by Crippen LogP contribution is 2.14. The molecule has 2 aromatic heterocycles. The Hall–Kier alpha value is -2.21. The predicted molar refractivity (Wildman–Crippen MR) is 62.1 cm³/mol. The van der Waals surface area contributed by atoms with Crippen LogP contribution in [0.15, 0.2) is 35.4 Å². The SMILES string of the molecule is O=C(Nc1nccnc1Cl)c1cccc(=O)[nH]1. The lowest BCUT2D eigenvalue weighted by Gasteiger charge is -2.04. The van der Waals surface area contributed by atoms with Gasteiger partial charge >= 0.3 is 0 Å². The Balaban J connectivity index is 2.23. The molecule has 0 aliphatic carbocycles. The van der Waals surface area contributed by atoms with Crippen molar-refractivity contribution in [2.45, 2.75) is 0 Å². The number of carbonyl (C=O) groups excluding carboxylic acids is 1. The summed E-state index contributed by atoms with van der Waals surface area (Å²) in [6, 6.07) is 4.26. The fourth-order valence-corrected chi connectivity index (χ4v) is 1.31. The largest absolute Gasteiger partial charge is 0.318 e. The number of carbonyl (C=O) groups is 1. The summed E-state index contributed by atoms with van der Waals surface area (Å²) in [4.78, 5) is 32.7. The maximum atomic E-state index is 11.7. The van der Waals surface area contributed by atoms with Crippen molar-refractivity contribution >= 4 is 23.3 Å². The maximum Gasteiger partial charge on any atom is 0.273 e. The van der Waals surface area contributed by atoms with Gasteiger partial charge in [-0.2, -0.15) is 0 Å². The zero-order chi connectivity index (χ0) is 12.3. The van der Waals surface area contributed by atoms with Crippen LogP contribution in [0.5, 0.6) is 0 Å². The van der Waals surface area contributed by atoms with Crippen LogP contribution in [0.4, 0.5) is 5.82 Å². The van der Waals surface area contributed by atoms with Crippen LogP contribution in [0, 0.1) is 0 Å². The van der Waals surface area contributed by atoms with E-state index in [1.807, 2.05) is 0 Å². The van der Waals surface area contributed by atoms with Crippen LogP contribution in [0.3, 0.4) is 0 Å². The summed E-state index contributed by atoms with van der Waals surface area (Å²) in [5.74, 6) is -0.367. The second-order valence-electron chi connectivity index (χ2n) is 3.08. The van der Waals surface area contributed by atoms with E-state index in [0.717, 1.165) is 0 Å². The summed E-state index contributed by atoms with van der Waals surface area (Å²) in [7, 11) is 0. The second kappa shape index (κ2) is 4.75. The van der Waals surface area contributed by atoms with Gasteiger partial charge in [0.15, 0.2) is 11.0 Å². The number of rotatable bonds is 2. The first kappa shape index (κ1) is 11.3. The van der Waals surface area contributed by atoms with Crippen LogP contribution in [0.1, 0.15) is 10.5 Å². The molecule has 2 N–H and O–H groups in total. The molecule has 1 amide bonds. The number of halogens is 1. The summed E-state index contributed by atoms with van der Waals surface area (Å²) in [5.41, 5.74) is -0.234. The van der Waals surface area contributed by atoms with Crippen molar-refractivity contribution in [3.05, 3.63) is 51.8 Å². The van der Waals surface area contributed by atoms with Crippen LogP contribution in [0.2, 0.25) is 5.15 Å². The lowest BCUT2D eigenvalue weighted by Crippen LogP contribution is -2.18. The third kappa shape index (κ3) is 2.67. The van der Waals surface area contributed by atoms with E-state index in [0.29, 0.717) is 0 Å². The molecule has 2 heterocycles. The third-order valence-electron chi connectivity index (χ3n) is 1.90. The average molecular weight is 251 g/mol. The van der Waals surface area contributed by atoms with Gasteiger partial charge in [-0.05, 0) is 6.07 Å². The smallest absolute Gasteiger partial charge is 0.273 e. The number of anilines is 1. The van der Waals surface area contributed by atoms with E-state index in [-0.39, 0.29) is 22.2 Å². The fourth-order valence-electron chi connectivity index (χ4n) is 1.16. The van der Waals surface area contributed by atoms with Gasteiger partial charge < -0.3 is 10.3 Å². The van der Waals surface area contributed by atoms with Gasteiger partial charge in [0, 0.05) is 18.5 Å². The van der Waals surface area contributed by atoms with E-state index in [1.165, 1.54) is 30.6 Å². The molecule has 0 aliphatic rings. The molecule has 0 fully saturated rings. The molecular weight excluding hydrogens is 244 g/mol. The molecule has 2 aromatic rings. The third-order valence-corrected chi connectivity index (χ3v) is 2.18. The molecule has 7 heteroatoms. The molecule has 17 heavy (non-hydrogen) atoms. The minimum absolute atomic E-state index is 0.0825.